The lowest BCUT2D eigenvalue weighted by Gasteiger charge is -2.21. The number of benzene rings is 2. The minimum atomic E-state index is 0.907. The Morgan fingerprint density at radius 2 is 1.15 bits per heavy atom. The molecule has 26 heavy (non-hydrogen) atoms. The lowest BCUT2D eigenvalue weighted by Crippen LogP contribution is -2.30. The zero-order valence-corrected chi connectivity index (χ0v) is 17.1. The maximum atomic E-state index is 4.76. The SMILES string of the molecule is Cc1ccc2nc(N(C)CCN(C)c3nc4ccc(C)cc4s3)sc2c1. The van der Waals surface area contributed by atoms with Crippen LogP contribution in [0, 0.1) is 13.8 Å². The van der Waals surface area contributed by atoms with E-state index in [1.54, 1.807) is 22.7 Å². The molecule has 0 saturated heterocycles. The number of likely N-dealkylation sites (N-methyl/N-ethyl adjacent to an activating group) is 2. The summed E-state index contributed by atoms with van der Waals surface area (Å²) in [5.41, 5.74) is 4.72. The summed E-state index contributed by atoms with van der Waals surface area (Å²) in [7, 11) is 4.22. The molecule has 4 nitrogen and oxygen atoms in total. The summed E-state index contributed by atoms with van der Waals surface area (Å²) in [4.78, 5) is 14.0. The highest BCUT2D eigenvalue weighted by atomic mass is 32.1. The highest BCUT2D eigenvalue weighted by molar-refractivity contribution is 7.22. The summed E-state index contributed by atoms with van der Waals surface area (Å²) in [5, 5.41) is 2.14. The van der Waals surface area contributed by atoms with Crippen LogP contribution in [0.2, 0.25) is 0 Å². The van der Waals surface area contributed by atoms with Crippen LogP contribution in [-0.2, 0) is 0 Å². The van der Waals surface area contributed by atoms with Gasteiger partial charge in [-0.1, -0.05) is 34.8 Å². The van der Waals surface area contributed by atoms with Crippen molar-refractivity contribution in [2.75, 3.05) is 37.0 Å². The zero-order chi connectivity index (χ0) is 18.3. The van der Waals surface area contributed by atoms with E-state index >= 15 is 0 Å². The van der Waals surface area contributed by atoms with Crippen LogP contribution in [0.3, 0.4) is 0 Å². The Labute approximate surface area is 161 Å². The minimum Gasteiger partial charge on any atom is -0.349 e. The average Bonchev–Trinajstić information content (AvgIpc) is 3.22. The highest BCUT2D eigenvalue weighted by Gasteiger charge is 2.12. The van der Waals surface area contributed by atoms with Crippen molar-refractivity contribution < 1.29 is 0 Å². The molecule has 0 N–H and O–H groups in total. The highest BCUT2D eigenvalue weighted by Crippen LogP contribution is 2.30. The molecule has 0 unspecified atom stereocenters. The molecule has 0 spiro atoms. The predicted octanol–water partition coefficient (Wildman–Crippen LogP) is 5.10. The van der Waals surface area contributed by atoms with Crippen LogP contribution in [0.5, 0.6) is 0 Å². The molecule has 2 aromatic carbocycles. The van der Waals surface area contributed by atoms with Crippen LogP contribution in [0.1, 0.15) is 11.1 Å². The molecule has 4 aromatic rings. The Hall–Kier alpha value is -2.18. The largest absolute Gasteiger partial charge is 0.349 e. The smallest absolute Gasteiger partial charge is 0.186 e. The van der Waals surface area contributed by atoms with Crippen molar-refractivity contribution in [3.05, 3.63) is 47.5 Å². The van der Waals surface area contributed by atoms with Gasteiger partial charge in [0, 0.05) is 27.2 Å². The van der Waals surface area contributed by atoms with Gasteiger partial charge in [0.05, 0.1) is 20.4 Å². The van der Waals surface area contributed by atoms with Crippen LogP contribution < -0.4 is 9.80 Å². The quantitative estimate of drug-likeness (QED) is 0.481. The number of anilines is 2. The number of fused-ring (bicyclic) bond motifs is 2. The first kappa shape index (κ1) is 17.2. The molecule has 0 aliphatic carbocycles. The molecule has 0 aliphatic heterocycles. The van der Waals surface area contributed by atoms with Crippen molar-refractivity contribution in [1.82, 2.24) is 9.97 Å². The number of hydrogen-bond donors (Lipinski definition) is 0. The van der Waals surface area contributed by atoms with E-state index in [0.717, 1.165) is 34.4 Å². The Morgan fingerprint density at radius 1 is 0.731 bits per heavy atom. The first-order chi connectivity index (χ1) is 12.5. The normalized spacial score (nSPS) is 11.4. The number of nitrogens with zero attached hydrogens (tertiary/aromatic N) is 4. The van der Waals surface area contributed by atoms with Crippen LogP contribution >= 0.6 is 22.7 Å². The maximum absolute atomic E-state index is 4.76. The Morgan fingerprint density at radius 3 is 1.58 bits per heavy atom. The third-order valence-corrected chi connectivity index (χ3v) is 6.75. The van der Waals surface area contributed by atoms with Crippen molar-refractivity contribution in [3.63, 3.8) is 0 Å². The zero-order valence-electron chi connectivity index (χ0n) is 15.5. The molecule has 4 rings (SSSR count). The van der Waals surface area contributed by atoms with Crippen LogP contribution in [0.25, 0.3) is 20.4 Å². The molecule has 6 heteroatoms. The van der Waals surface area contributed by atoms with Gasteiger partial charge in [-0.3, -0.25) is 0 Å². The molecule has 0 atom stereocenters. The molecule has 0 saturated carbocycles. The molecule has 0 fully saturated rings. The minimum absolute atomic E-state index is 0.907. The fraction of sp³-hybridized carbons (Fsp3) is 0.300. The van der Waals surface area contributed by atoms with Gasteiger partial charge in [-0.15, -0.1) is 0 Å². The van der Waals surface area contributed by atoms with Gasteiger partial charge >= 0.3 is 0 Å². The first-order valence-corrected chi connectivity index (χ1v) is 10.3. The van der Waals surface area contributed by atoms with Gasteiger partial charge in [0.25, 0.3) is 0 Å². The predicted molar refractivity (Wildman–Crippen MR) is 115 cm³/mol. The summed E-state index contributed by atoms with van der Waals surface area (Å²) in [5.74, 6) is 0. The molecular weight excluding hydrogens is 360 g/mol. The number of aryl methyl sites for hydroxylation is 2. The van der Waals surface area contributed by atoms with Gasteiger partial charge in [-0.25, -0.2) is 9.97 Å². The van der Waals surface area contributed by atoms with E-state index in [0.29, 0.717) is 0 Å². The monoisotopic (exact) mass is 382 g/mol. The number of hydrogen-bond acceptors (Lipinski definition) is 6. The first-order valence-electron chi connectivity index (χ1n) is 8.66. The maximum Gasteiger partial charge on any atom is 0.186 e. The fourth-order valence-corrected chi connectivity index (χ4v) is 4.96. The van der Waals surface area contributed by atoms with Gasteiger partial charge < -0.3 is 9.80 Å². The second-order valence-electron chi connectivity index (χ2n) is 6.78. The molecule has 0 aliphatic rings. The standard InChI is InChI=1S/C20H22N4S2/c1-13-5-7-15-17(11-13)25-19(21-15)23(3)9-10-24(4)20-22-16-8-6-14(2)12-18(16)26-20/h5-8,11-12H,9-10H2,1-4H3. The lowest BCUT2D eigenvalue weighted by atomic mass is 10.2. The Balaban J connectivity index is 1.45. The molecular formula is C20H22N4S2. The third-order valence-electron chi connectivity index (χ3n) is 4.49. The van der Waals surface area contributed by atoms with E-state index in [1.165, 1.54) is 20.5 Å². The van der Waals surface area contributed by atoms with E-state index in [4.69, 9.17) is 9.97 Å². The summed E-state index contributed by atoms with van der Waals surface area (Å²) < 4.78 is 2.50. The van der Waals surface area contributed by atoms with E-state index < -0.39 is 0 Å². The number of thiazole rings is 2. The Bertz CT molecular complexity index is 980. The van der Waals surface area contributed by atoms with Gasteiger partial charge in [0.2, 0.25) is 0 Å². The second-order valence-corrected chi connectivity index (χ2v) is 8.80. The van der Waals surface area contributed by atoms with Crippen LogP contribution in [-0.4, -0.2) is 37.2 Å². The van der Waals surface area contributed by atoms with Crippen molar-refractivity contribution in [2.45, 2.75) is 13.8 Å². The number of rotatable bonds is 5. The van der Waals surface area contributed by atoms with Crippen LogP contribution in [0.15, 0.2) is 36.4 Å². The molecule has 0 radical (unpaired) electrons. The van der Waals surface area contributed by atoms with E-state index in [9.17, 15) is 0 Å². The van der Waals surface area contributed by atoms with Crippen molar-refractivity contribution in [1.29, 1.82) is 0 Å². The van der Waals surface area contributed by atoms with Gasteiger partial charge in [-0.2, -0.15) is 0 Å². The molecule has 2 aromatic heterocycles. The summed E-state index contributed by atoms with van der Waals surface area (Å²) >= 11 is 3.51. The van der Waals surface area contributed by atoms with Gasteiger partial charge in [0.1, 0.15) is 0 Å². The molecule has 0 amide bonds. The van der Waals surface area contributed by atoms with Gasteiger partial charge in [0.15, 0.2) is 10.3 Å². The van der Waals surface area contributed by atoms with Crippen molar-refractivity contribution in [2.24, 2.45) is 0 Å². The average molecular weight is 383 g/mol. The third kappa shape index (κ3) is 3.39. The molecule has 0 bridgehead atoms. The molecule has 134 valence electrons. The topological polar surface area (TPSA) is 32.3 Å². The Kier molecular flexibility index (Phi) is 4.54. The van der Waals surface area contributed by atoms with E-state index in [2.05, 4.69) is 74.1 Å². The molecule has 2 heterocycles. The van der Waals surface area contributed by atoms with Crippen molar-refractivity contribution >= 4 is 53.4 Å². The summed E-state index contributed by atoms with van der Waals surface area (Å²) in [6.45, 7) is 6.06. The summed E-state index contributed by atoms with van der Waals surface area (Å²) in [6.07, 6.45) is 0. The van der Waals surface area contributed by atoms with Crippen molar-refractivity contribution in [3.8, 4) is 0 Å². The van der Waals surface area contributed by atoms with E-state index in [1.807, 2.05) is 0 Å². The second kappa shape index (κ2) is 6.85. The summed E-state index contributed by atoms with van der Waals surface area (Å²) in [6, 6.07) is 12.9. The van der Waals surface area contributed by atoms with Gasteiger partial charge in [-0.05, 0) is 49.2 Å². The number of aromatic nitrogens is 2. The fourth-order valence-electron chi connectivity index (χ4n) is 2.86. The van der Waals surface area contributed by atoms with E-state index in [-0.39, 0.29) is 0 Å². The van der Waals surface area contributed by atoms with Crippen LogP contribution in [0.4, 0.5) is 10.3 Å². The lowest BCUT2D eigenvalue weighted by molar-refractivity contribution is 0.829.